The number of unbranched alkanes of at least 4 members (excludes halogenated alkanes) is 1. The van der Waals surface area contributed by atoms with Gasteiger partial charge in [0.1, 0.15) is 28.9 Å². The molecule has 3 N–H and O–H groups in total. The number of rotatable bonds is 15. The fourth-order valence-electron chi connectivity index (χ4n) is 8.17. The summed E-state index contributed by atoms with van der Waals surface area (Å²) in [7, 11) is 0. The Balaban J connectivity index is 1.38. The van der Waals surface area contributed by atoms with Gasteiger partial charge in [0.2, 0.25) is 5.91 Å². The van der Waals surface area contributed by atoms with Gasteiger partial charge in [-0.25, -0.2) is 8.78 Å². The van der Waals surface area contributed by atoms with Crippen molar-refractivity contribution >= 4 is 17.8 Å². The second kappa shape index (κ2) is 17.1. The molecule has 2 saturated heterocycles. The molecule has 0 unspecified atom stereocenters. The molecule has 2 aliphatic heterocycles. The summed E-state index contributed by atoms with van der Waals surface area (Å²) in [5.74, 6) is -3.42. The van der Waals surface area contributed by atoms with Crippen LogP contribution < -0.4 is 16.2 Å². The lowest BCUT2D eigenvalue weighted by Crippen LogP contribution is -2.49. The van der Waals surface area contributed by atoms with Crippen LogP contribution >= 0.6 is 0 Å². The van der Waals surface area contributed by atoms with E-state index in [1.807, 2.05) is 0 Å². The molecule has 1 aliphatic carbocycles. The first-order valence-corrected chi connectivity index (χ1v) is 18.8. The van der Waals surface area contributed by atoms with Gasteiger partial charge < -0.3 is 25.2 Å². The van der Waals surface area contributed by atoms with Crippen LogP contribution in [0.15, 0.2) is 41.2 Å². The largest absolute Gasteiger partial charge is 0.481 e. The van der Waals surface area contributed by atoms with Crippen molar-refractivity contribution in [1.29, 1.82) is 0 Å². The number of halogens is 5. The van der Waals surface area contributed by atoms with Crippen LogP contribution in [0.2, 0.25) is 0 Å². The summed E-state index contributed by atoms with van der Waals surface area (Å²) in [5.41, 5.74) is -0.731. The van der Waals surface area contributed by atoms with E-state index in [0.29, 0.717) is 57.7 Å². The number of aryl methyl sites for hydroxylation is 3. The summed E-state index contributed by atoms with van der Waals surface area (Å²) in [4.78, 5) is 55.3. The smallest absolute Gasteiger partial charge is 0.431 e. The van der Waals surface area contributed by atoms with Gasteiger partial charge in [0.15, 0.2) is 0 Å². The number of carboxylic acid groups (broad SMARTS) is 1. The number of alkyl halides is 3. The Kier molecular flexibility index (Phi) is 12.9. The van der Waals surface area contributed by atoms with Gasteiger partial charge in [-0.1, -0.05) is 13.8 Å². The first kappa shape index (κ1) is 41.6. The summed E-state index contributed by atoms with van der Waals surface area (Å²) in [6.45, 7) is 10.7. The molecule has 3 aliphatic rings. The van der Waals surface area contributed by atoms with Crippen LogP contribution in [-0.4, -0.2) is 58.0 Å². The Morgan fingerprint density at radius 2 is 1.51 bits per heavy atom. The van der Waals surface area contributed by atoms with E-state index in [1.165, 1.54) is 38.0 Å². The van der Waals surface area contributed by atoms with E-state index < -0.39 is 70.9 Å². The Morgan fingerprint density at radius 3 is 2.09 bits per heavy atom. The van der Waals surface area contributed by atoms with Gasteiger partial charge >= 0.3 is 12.1 Å². The number of nitrogens with one attached hydrogen (secondary N) is 2. The van der Waals surface area contributed by atoms with E-state index in [-0.39, 0.29) is 36.4 Å². The number of pyridine rings is 1. The number of carbonyl (C=O) groups is 3. The maximum Gasteiger partial charge on any atom is 0.431 e. The third-order valence-corrected chi connectivity index (χ3v) is 10.6. The zero-order valence-corrected chi connectivity index (χ0v) is 31.8. The van der Waals surface area contributed by atoms with E-state index in [2.05, 4.69) is 15.5 Å². The van der Waals surface area contributed by atoms with E-state index >= 15 is 4.39 Å². The average molecular weight is 773 g/mol. The molecule has 2 amide bonds. The fourth-order valence-corrected chi connectivity index (χ4v) is 8.17. The maximum atomic E-state index is 15.8. The minimum Gasteiger partial charge on any atom is -0.481 e. The molecule has 2 bridgehead atoms. The molecule has 6 rings (SSSR count). The second-order valence-corrected chi connectivity index (χ2v) is 15.7. The Labute approximate surface area is 317 Å². The highest BCUT2D eigenvalue weighted by atomic mass is 19.4. The number of fused-ring (bicyclic) bond motifs is 2. The molecule has 0 radical (unpaired) electrons. The van der Waals surface area contributed by atoms with Crippen LogP contribution in [-0.2, 0) is 22.3 Å². The second-order valence-electron chi connectivity index (χ2n) is 15.7. The Hall–Kier alpha value is -4.59. The third-order valence-electron chi connectivity index (χ3n) is 10.6. The predicted octanol–water partition coefficient (Wildman–Crippen LogP) is 7.34. The standard InChI is InChI=1S/C41H49F5N4O5/c1-22(2)12-33(39(54)47-32(19-35(51)52)31-18-28(13-25(5)37(31)43)36-23(3)14-29(42)15-24(36)4)48-38(53)30-8-9-34(41(44,45)46)50(40(30)55)11-7-6-10-49-20-26-16-27(17-26)21-49/h8-9,13-15,18,22,26-27,32-33H,6-7,10-12,16-17,19-21H2,1-5H3,(H,47,54)(H,48,53)(H,51,52)/t26?,27?,32-,33-/m0/s1. The highest BCUT2D eigenvalue weighted by Gasteiger charge is 2.38. The van der Waals surface area contributed by atoms with E-state index in [9.17, 15) is 41.8 Å². The van der Waals surface area contributed by atoms with Crippen molar-refractivity contribution in [3.05, 3.63) is 91.9 Å². The first-order chi connectivity index (χ1) is 25.8. The molecule has 55 heavy (non-hydrogen) atoms. The normalized spacial score (nSPS) is 18.1. The van der Waals surface area contributed by atoms with E-state index in [1.54, 1.807) is 33.8 Å². The monoisotopic (exact) mass is 772 g/mol. The maximum absolute atomic E-state index is 15.8. The number of aromatic nitrogens is 1. The number of amides is 2. The molecule has 1 saturated carbocycles. The molecular weight excluding hydrogens is 723 g/mol. The van der Waals surface area contributed by atoms with Crippen LogP contribution in [0.25, 0.3) is 11.1 Å². The minimum atomic E-state index is -4.86. The molecule has 298 valence electrons. The molecular formula is C41H49F5N4O5. The van der Waals surface area contributed by atoms with Gasteiger partial charge in [-0.3, -0.25) is 19.2 Å². The number of nitrogens with zero attached hydrogens (tertiary/aromatic N) is 2. The quantitative estimate of drug-likeness (QED) is 0.110. The molecule has 1 aromatic heterocycles. The summed E-state index contributed by atoms with van der Waals surface area (Å²) < 4.78 is 72.6. The zero-order chi connectivity index (χ0) is 40.4. The number of aliphatic carboxylic acids is 1. The van der Waals surface area contributed by atoms with Gasteiger partial charge in [-0.2, -0.15) is 13.2 Å². The summed E-state index contributed by atoms with van der Waals surface area (Å²) in [6.07, 6.45) is -2.30. The molecule has 2 aromatic carbocycles. The third kappa shape index (κ3) is 10.00. The van der Waals surface area contributed by atoms with Crippen molar-refractivity contribution in [2.24, 2.45) is 17.8 Å². The number of piperidine rings is 2. The van der Waals surface area contributed by atoms with Gasteiger partial charge in [0, 0.05) is 25.2 Å². The van der Waals surface area contributed by atoms with Gasteiger partial charge in [0.05, 0.1) is 12.5 Å². The highest BCUT2D eigenvalue weighted by Crippen LogP contribution is 2.39. The van der Waals surface area contributed by atoms with Crippen LogP contribution in [0.5, 0.6) is 0 Å². The topological polar surface area (TPSA) is 121 Å². The van der Waals surface area contributed by atoms with E-state index in [0.717, 1.165) is 19.2 Å². The minimum absolute atomic E-state index is 0.0000767. The summed E-state index contributed by atoms with van der Waals surface area (Å²) in [5, 5.41) is 14.8. The van der Waals surface area contributed by atoms with Gasteiger partial charge in [0.25, 0.3) is 11.5 Å². The SMILES string of the molecule is Cc1cc(-c2c(C)cc(F)cc2C)cc([C@H](CC(=O)O)NC(=O)[C@H](CC(C)C)NC(=O)c2ccc(C(F)(F)F)n(CCCCN3CC4CC(C4)C3)c2=O)c1F. The summed E-state index contributed by atoms with van der Waals surface area (Å²) >= 11 is 0. The molecule has 9 nitrogen and oxygen atoms in total. The van der Waals surface area contributed by atoms with Crippen molar-refractivity contribution in [3.8, 4) is 11.1 Å². The Bertz CT molecular complexity index is 1960. The van der Waals surface area contributed by atoms with Crippen LogP contribution in [0.1, 0.15) is 96.7 Å². The number of carboxylic acids is 1. The molecule has 14 heteroatoms. The van der Waals surface area contributed by atoms with Gasteiger partial charge in [-0.15, -0.1) is 0 Å². The van der Waals surface area contributed by atoms with Crippen molar-refractivity contribution < 1.29 is 41.4 Å². The molecule has 3 fully saturated rings. The van der Waals surface area contributed by atoms with Crippen molar-refractivity contribution in [1.82, 2.24) is 20.1 Å². The van der Waals surface area contributed by atoms with Crippen LogP contribution in [0.3, 0.4) is 0 Å². The zero-order valence-electron chi connectivity index (χ0n) is 31.8. The molecule has 3 aromatic rings. The number of carbonyl (C=O) groups excluding carboxylic acids is 2. The molecule has 3 heterocycles. The number of hydrogen-bond acceptors (Lipinski definition) is 5. The summed E-state index contributed by atoms with van der Waals surface area (Å²) in [6, 6.07) is 4.26. The number of benzene rings is 2. The lowest BCUT2D eigenvalue weighted by atomic mass is 9.71. The van der Waals surface area contributed by atoms with E-state index in [4.69, 9.17) is 0 Å². The Morgan fingerprint density at radius 1 is 0.891 bits per heavy atom. The van der Waals surface area contributed by atoms with Crippen LogP contribution in [0.4, 0.5) is 22.0 Å². The van der Waals surface area contributed by atoms with Crippen molar-refractivity contribution in [2.75, 3.05) is 19.6 Å². The lowest BCUT2D eigenvalue weighted by molar-refractivity contribution is -0.144. The predicted molar refractivity (Wildman–Crippen MR) is 197 cm³/mol. The first-order valence-electron chi connectivity index (χ1n) is 18.8. The van der Waals surface area contributed by atoms with Gasteiger partial charge in [-0.05, 0) is 141 Å². The van der Waals surface area contributed by atoms with Crippen molar-refractivity contribution in [2.45, 2.75) is 97.9 Å². The van der Waals surface area contributed by atoms with Crippen molar-refractivity contribution in [3.63, 3.8) is 0 Å². The van der Waals surface area contributed by atoms with Crippen LogP contribution in [0, 0.1) is 50.2 Å². The fraction of sp³-hybridized carbons (Fsp3) is 0.512. The molecule has 2 atom stereocenters. The number of hydrogen-bond donors (Lipinski definition) is 3. The lowest BCUT2D eigenvalue weighted by Gasteiger charge is -2.47. The molecule has 0 spiro atoms. The average Bonchev–Trinajstić information content (AvgIpc) is 3.06. The highest BCUT2D eigenvalue weighted by molar-refractivity contribution is 5.97.